The lowest BCUT2D eigenvalue weighted by Gasteiger charge is -2.23. The molecule has 0 saturated heterocycles. The molecule has 0 fully saturated rings. The molecule has 0 unspecified atom stereocenters. The van der Waals surface area contributed by atoms with Crippen LogP contribution in [-0.4, -0.2) is 67.2 Å². The van der Waals surface area contributed by atoms with Gasteiger partial charge in [-0.05, 0) is 44.8 Å². The molecule has 33 heavy (non-hydrogen) atoms. The second kappa shape index (κ2) is 14.4. The summed E-state index contributed by atoms with van der Waals surface area (Å²) >= 11 is 1.55. The second-order valence-electron chi connectivity index (χ2n) is 8.35. The van der Waals surface area contributed by atoms with Gasteiger partial charge in [0.2, 0.25) is 11.8 Å². The van der Waals surface area contributed by atoms with Crippen molar-refractivity contribution in [2.75, 3.05) is 25.7 Å². The molecule has 0 aliphatic heterocycles. The molecule has 0 bridgehead atoms. The summed E-state index contributed by atoms with van der Waals surface area (Å²) < 4.78 is 10.0. The Labute approximate surface area is 199 Å². The Morgan fingerprint density at radius 3 is 2.27 bits per heavy atom. The molecule has 9 nitrogen and oxygen atoms in total. The molecule has 184 valence electrons. The molecule has 0 saturated carbocycles. The van der Waals surface area contributed by atoms with Crippen molar-refractivity contribution in [3.63, 3.8) is 0 Å². The van der Waals surface area contributed by atoms with Crippen molar-refractivity contribution in [1.29, 1.82) is 0 Å². The minimum absolute atomic E-state index is 0.0320. The summed E-state index contributed by atoms with van der Waals surface area (Å²) in [5.74, 6) is -0.692. The van der Waals surface area contributed by atoms with Crippen LogP contribution in [0, 0.1) is 0 Å². The fourth-order valence-electron chi connectivity index (χ4n) is 2.83. The maximum atomic E-state index is 12.6. The van der Waals surface area contributed by atoms with Gasteiger partial charge >= 0.3 is 12.1 Å². The number of thioether (sulfide) groups is 1. The van der Waals surface area contributed by atoms with E-state index in [0.717, 1.165) is 5.56 Å². The lowest BCUT2D eigenvalue weighted by molar-refractivity contribution is -0.145. The molecule has 1 aromatic carbocycles. The Morgan fingerprint density at radius 2 is 1.70 bits per heavy atom. The topological polar surface area (TPSA) is 123 Å². The van der Waals surface area contributed by atoms with E-state index in [2.05, 4.69) is 16.0 Å². The number of rotatable bonds is 12. The Balaban J connectivity index is 2.58. The number of nitrogens with one attached hydrogen (secondary N) is 3. The van der Waals surface area contributed by atoms with E-state index in [9.17, 15) is 19.2 Å². The third kappa shape index (κ3) is 12.2. The average Bonchev–Trinajstić information content (AvgIpc) is 2.74. The van der Waals surface area contributed by atoms with Crippen LogP contribution in [0.25, 0.3) is 0 Å². The fourth-order valence-corrected chi connectivity index (χ4v) is 3.30. The van der Waals surface area contributed by atoms with Crippen LogP contribution in [0.1, 0.15) is 39.2 Å². The van der Waals surface area contributed by atoms with Crippen molar-refractivity contribution in [3.05, 3.63) is 35.9 Å². The first kappa shape index (κ1) is 28.3. The van der Waals surface area contributed by atoms with E-state index in [1.54, 1.807) is 32.5 Å². The number of carbonyl (C=O) groups excluding carboxylic acids is 4. The van der Waals surface area contributed by atoms with Crippen molar-refractivity contribution in [2.45, 2.75) is 57.7 Å². The van der Waals surface area contributed by atoms with Gasteiger partial charge in [-0.25, -0.2) is 9.59 Å². The number of hydrogen-bond acceptors (Lipinski definition) is 7. The van der Waals surface area contributed by atoms with E-state index >= 15 is 0 Å². The maximum absolute atomic E-state index is 12.6. The first-order chi connectivity index (χ1) is 15.6. The molecule has 0 spiro atoms. The summed E-state index contributed by atoms with van der Waals surface area (Å²) in [7, 11) is 1.26. The van der Waals surface area contributed by atoms with E-state index in [-0.39, 0.29) is 13.0 Å². The van der Waals surface area contributed by atoms with E-state index in [1.165, 1.54) is 7.11 Å². The molecule has 3 amide bonds. The summed E-state index contributed by atoms with van der Waals surface area (Å²) in [6.07, 6.45) is 1.90. The van der Waals surface area contributed by atoms with Crippen molar-refractivity contribution in [1.82, 2.24) is 16.0 Å². The van der Waals surface area contributed by atoms with Gasteiger partial charge in [-0.3, -0.25) is 9.59 Å². The quantitative estimate of drug-likeness (QED) is 0.391. The van der Waals surface area contributed by atoms with Crippen molar-refractivity contribution < 1.29 is 28.7 Å². The number of amides is 3. The Morgan fingerprint density at radius 1 is 1.03 bits per heavy atom. The summed E-state index contributed by atoms with van der Waals surface area (Å²) in [4.78, 5) is 49.0. The van der Waals surface area contributed by atoms with E-state index < -0.39 is 41.6 Å². The van der Waals surface area contributed by atoms with Crippen LogP contribution in [0.15, 0.2) is 30.3 Å². The van der Waals surface area contributed by atoms with Gasteiger partial charge in [-0.1, -0.05) is 30.3 Å². The Kier molecular flexibility index (Phi) is 12.3. The van der Waals surface area contributed by atoms with Crippen LogP contribution in [0.5, 0.6) is 0 Å². The number of alkyl carbamates (subject to hydrolysis) is 1. The molecule has 1 aromatic rings. The van der Waals surface area contributed by atoms with Crippen LogP contribution in [-0.2, 0) is 30.3 Å². The minimum atomic E-state index is -0.830. The van der Waals surface area contributed by atoms with Gasteiger partial charge in [0.15, 0.2) is 0 Å². The summed E-state index contributed by atoms with van der Waals surface area (Å²) in [6, 6.07) is 7.66. The normalized spacial score (nSPS) is 12.8. The number of carbonyl (C=O) groups is 4. The zero-order valence-corrected chi connectivity index (χ0v) is 20.8. The molecular formula is C23H35N3O6S. The van der Waals surface area contributed by atoms with Crippen LogP contribution in [0.2, 0.25) is 0 Å². The molecule has 2 atom stereocenters. The van der Waals surface area contributed by atoms with Gasteiger partial charge in [-0.15, -0.1) is 0 Å². The van der Waals surface area contributed by atoms with Gasteiger partial charge in [0, 0.05) is 19.4 Å². The smallest absolute Gasteiger partial charge is 0.408 e. The van der Waals surface area contributed by atoms with Crippen molar-refractivity contribution in [3.8, 4) is 0 Å². The Hall–Kier alpha value is -2.75. The zero-order chi connectivity index (χ0) is 24.9. The van der Waals surface area contributed by atoms with E-state index in [0.29, 0.717) is 18.6 Å². The molecule has 0 aromatic heterocycles. The second-order valence-corrected chi connectivity index (χ2v) is 9.34. The SMILES string of the molecule is COC(=O)[C@H](Cc1ccccc1)NC(=O)CCNC(=O)[C@H](CCSC)NC(=O)OC(C)(C)C. The lowest BCUT2D eigenvalue weighted by atomic mass is 10.1. The van der Waals surface area contributed by atoms with Crippen LogP contribution >= 0.6 is 11.8 Å². The molecule has 0 radical (unpaired) electrons. The van der Waals surface area contributed by atoms with Crippen LogP contribution in [0.4, 0.5) is 4.79 Å². The highest BCUT2D eigenvalue weighted by molar-refractivity contribution is 7.98. The van der Waals surface area contributed by atoms with Gasteiger partial charge < -0.3 is 25.4 Å². The first-order valence-corrected chi connectivity index (χ1v) is 12.1. The maximum Gasteiger partial charge on any atom is 0.408 e. The molecule has 3 N–H and O–H groups in total. The van der Waals surface area contributed by atoms with Crippen LogP contribution in [0.3, 0.4) is 0 Å². The minimum Gasteiger partial charge on any atom is -0.467 e. The predicted molar refractivity (Wildman–Crippen MR) is 128 cm³/mol. The fraction of sp³-hybridized carbons (Fsp3) is 0.565. The lowest BCUT2D eigenvalue weighted by Crippen LogP contribution is -2.49. The first-order valence-electron chi connectivity index (χ1n) is 10.7. The third-order valence-corrected chi connectivity index (χ3v) is 5.02. The third-order valence-electron chi connectivity index (χ3n) is 4.37. The highest BCUT2D eigenvalue weighted by Gasteiger charge is 2.25. The summed E-state index contributed by atoms with van der Waals surface area (Å²) in [5.41, 5.74) is 0.199. The number of benzene rings is 1. The molecule has 0 aliphatic rings. The monoisotopic (exact) mass is 481 g/mol. The van der Waals surface area contributed by atoms with E-state index in [4.69, 9.17) is 9.47 Å². The number of esters is 1. The van der Waals surface area contributed by atoms with Gasteiger partial charge in [0.25, 0.3) is 0 Å². The highest BCUT2D eigenvalue weighted by Crippen LogP contribution is 2.08. The molecular weight excluding hydrogens is 446 g/mol. The van der Waals surface area contributed by atoms with Gasteiger partial charge in [0.05, 0.1) is 7.11 Å². The van der Waals surface area contributed by atoms with Crippen molar-refractivity contribution in [2.24, 2.45) is 0 Å². The number of ether oxygens (including phenoxy) is 2. The van der Waals surface area contributed by atoms with Crippen LogP contribution < -0.4 is 16.0 Å². The molecule has 0 heterocycles. The van der Waals surface area contributed by atoms with Crippen molar-refractivity contribution >= 4 is 35.6 Å². The van der Waals surface area contributed by atoms with E-state index in [1.807, 2.05) is 36.6 Å². The Bertz CT molecular complexity index is 782. The predicted octanol–water partition coefficient (Wildman–Crippen LogP) is 2.04. The largest absolute Gasteiger partial charge is 0.467 e. The molecule has 10 heteroatoms. The van der Waals surface area contributed by atoms with Gasteiger partial charge in [-0.2, -0.15) is 11.8 Å². The highest BCUT2D eigenvalue weighted by atomic mass is 32.2. The average molecular weight is 482 g/mol. The summed E-state index contributed by atoms with van der Waals surface area (Å²) in [6.45, 7) is 5.26. The zero-order valence-electron chi connectivity index (χ0n) is 19.9. The summed E-state index contributed by atoms with van der Waals surface area (Å²) in [5, 5.41) is 7.90. The number of hydrogen-bond donors (Lipinski definition) is 3. The molecule has 0 aliphatic carbocycles. The van der Waals surface area contributed by atoms with Gasteiger partial charge in [0.1, 0.15) is 17.7 Å². The standard InChI is InChI=1S/C23H35N3O6S/c1-23(2,3)32-22(30)26-17(12-14-33-5)20(28)24-13-11-19(27)25-18(21(29)31-4)15-16-9-7-6-8-10-16/h6-10,17-18H,11-15H2,1-5H3,(H,24,28)(H,25,27)(H,26,30)/t17-,18-/m0/s1. The number of methoxy groups -OCH3 is 1. The molecule has 1 rings (SSSR count).